The third kappa shape index (κ3) is 4.42. The second-order valence-electron chi connectivity index (χ2n) is 5.18. The molecule has 0 aliphatic heterocycles. The quantitative estimate of drug-likeness (QED) is 0.822. The Labute approximate surface area is 131 Å². The van der Waals surface area contributed by atoms with E-state index < -0.39 is 9.84 Å². The number of hydrogen-bond acceptors (Lipinski definition) is 4. The van der Waals surface area contributed by atoms with Crippen LogP contribution in [0, 0.1) is 11.3 Å². The van der Waals surface area contributed by atoms with Crippen LogP contribution in [0.15, 0.2) is 59.5 Å². The Morgan fingerprint density at radius 2 is 1.82 bits per heavy atom. The molecule has 22 heavy (non-hydrogen) atoms. The standard InChI is InChI=1S/C17H18N2O2S/c1-19(14-16-7-5-6-15(12-16)13-18)10-11-22(20,21)17-8-3-2-4-9-17/h2-9,12H,10-11,14H2,1H3. The van der Waals surface area contributed by atoms with Gasteiger partial charge in [0.15, 0.2) is 9.84 Å². The minimum absolute atomic E-state index is 0.0749. The SMILES string of the molecule is CN(CCS(=O)(=O)c1ccccc1)Cc1cccc(C#N)c1. The van der Waals surface area contributed by atoms with Gasteiger partial charge in [-0.05, 0) is 36.9 Å². The van der Waals surface area contributed by atoms with Gasteiger partial charge in [-0.1, -0.05) is 30.3 Å². The van der Waals surface area contributed by atoms with Crippen molar-refractivity contribution in [3.8, 4) is 6.07 Å². The molecule has 0 unspecified atom stereocenters. The van der Waals surface area contributed by atoms with Gasteiger partial charge in [-0.2, -0.15) is 5.26 Å². The molecule has 0 spiro atoms. The molecule has 0 aliphatic rings. The number of nitrogens with zero attached hydrogens (tertiary/aromatic N) is 2. The van der Waals surface area contributed by atoms with Crippen LogP contribution in [0.2, 0.25) is 0 Å². The normalized spacial score (nSPS) is 11.3. The average molecular weight is 314 g/mol. The van der Waals surface area contributed by atoms with Gasteiger partial charge >= 0.3 is 0 Å². The predicted octanol–water partition coefficient (Wildman–Crippen LogP) is 2.46. The summed E-state index contributed by atoms with van der Waals surface area (Å²) in [5, 5.41) is 8.89. The van der Waals surface area contributed by atoms with Crippen molar-refractivity contribution in [3.05, 3.63) is 65.7 Å². The van der Waals surface area contributed by atoms with Crippen LogP contribution in [0.3, 0.4) is 0 Å². The molecule has 0 atom stereocenters. The zero-order valence-electron chi connectivity index (χ0n) is 12.4. The lowest BCUT2D eigenvalue weighted by Crippen LogP contribution is -2.25. The molecule has 0 aromatic heterocycles. The van der Waals surface area contributed by atoms with Crippen LogP contribution >= 0.6 is 0 Å². The zero-order chi connectivity index (χ0) is 16.0. The molecule has 0 radical (unpaired) electrons. The fourth-order valence-corrected chi connectivity index (χ4v) is 3.51. The van der Waals surface area contributed by atoms with E-state index >= 15 is 0 Å². The molecule has 0 fully saturated rings. The molecule has 0 saturated carbocycles. The van der Waals surface area contributed by atoms with Gasteiger partial charge in [-0.3, -0.25) is 0 Å². The van der Waals surface area contributed by atoms with Gasteiger partial charge in [0.1, 0.15) is 0 Å². The highest BCUT2D eigenvalue weighted by Gasteiger charge is 2.14. The van der Waals surface area contributed by atoms with E-state index in [2.05, 4.69) is 6.07 Å². The molecule has 0 bridgehead atoms. The summed E-state index contributed by atoms with van der Waals surface area (Å²) in [5.41, 5.74) is 1.61. The summed E-state index contributed by atoms with van der Waals surface area (Å²) >= 11 is 0. The lowest BCUT2D eigenvalue weighted by Gasteiger charge is -2.16. The van der Waals surface area contributed by atoms with E-state index in [9.17, 15) is 8.42 Å². The Kier molecular flexibility index (Phi) is 5.31. The van der Waals surface area contributed by atoms with E-state index in [1.807, 2.05) is 30.1 Å². The fraction of sp³-hybridized carbons (Fsp3) is 0.235. The maximum Gasteiger partial charge on any atom is 0.179 e. The highest BCUT2D eigenvalue weighted by molar-refractivity contribution is 7.91. The molecular weight excluding hydrogens is 296 g/mol. The topological polar surface area (TPSA) is 61.2 Å². The second-order valence-corrected chi connectivity index (χ2v) is 7.29. The van der Waals surface area contributed by atoms with E-state index in [0.29, 0.717) is 23.5 Å². The molecule has 5 heteroatoms. The summed E-state index contributed by atoms with van der Waals surface area (Å²) in [4.78, 5) is 2.30. The lowest BCUT2D eigenvalue weighted by molar-refractivity contribution is 0.346. The minimum atomic E-state index is -3.25. The molecule has 4 nitrogen and oxygen atoms in total. The molecule has 2 aromatic rings. The van der Waals surface area contributed by atoms with Crippen LogP contribution < -0.4 is 0 Å². The van der Waals surface area contributed by atoms with Crippen molar-refractivity contribution in [1.29, 1.82) is 5.26 Å². The smallest absolute Gasteiger partial charge is 0.179 e. The van der Waals surface area contributed by atoms with Crippen LogP contribution in [0.5, 0.6) is 0 Å². The number of sulfone groups is 1. The van der Waals surface area contributed by atoms with Crippen molar-refractivity contribution in [1.82, 2.24) is 4.90 Å². The maximum atomic E-state index is 12.2. The number of rotatable bonds is 6. The minimum Gasteiger partial charge on any atom is -0.301 e. The highest BCUT2D eigenvalue weighted by Crippen LogP contribution is 2.11. The average Bonchev–Trinajstić information content (AvgIpc) is 2.54. The fourth-order valence-electron chi connectivity index (χ4n) is 2.15. The summed E-state index contributed by atoms with van der Waals surface area (Å²) in [6.07, 6.45) is 0. The van der Waals surface area contributed by atoms with Crippen molar-refractivity contribution in [2.75, 3.05) is 19.3 Å². The first-order valence-electron chi connectivity index (χ1n) is 6.97. The highest BCUT2D eigenvalue weighted by atomic mass is 32.2. The summed E-state index contributed by atoms with van der Waals surface area (Å²) in [5.74, 6) is 0.0749. The summed E-state index contributed by atoms with van der Waals surface area (Å²) in [6, 6.07) is 17.9. The molecule has 0 aliphatic carbocycles. The molecule has 114 valence electrons. The first kappa shape index (κ1) is 16.2. The number of benzene rings is 2. The molecule has 0 N–H and O–H groups in total. The van der Waals surface area contributed by atoms with Crippen LogP contribution in [0.1, 0.15) is 11.1 Å². The first-order chi connectivity index (χ1) is 10.5. The van der Waals surface area contributed by atoms with Crippen LogP contribution in [0.4, 0.5) is 0 Å². The molecule has 2 aromatic carbocycles. The van der Waals surface area contributed by atoms with E-state index in [-0.39, 0.29) is 5.75 Å². The Hall–Kier alpha value is -2.16. The lowest BCUT2D eigenvalue weighted by atomic mass is 10.1. The monoisotopic (exact) mass is 314 g/mol. The van der Waals surface area contributed by atoms with Gasteiger partial charge in [0.2, 0.25) is 0 Å². The van der Waals surface area contributed by atoms with Crippen molar-refractivity contribution in [2.45, 2.75) is 11.4 Å². The van der Waals surface area contributed by atoms with Crippen molar-refractivity contribution in [2.24, 2.45) is 0 Å². The predicted molar refractivity (Wildman–Crippen MR) is 86.0 cm³/mol. The summed E-state index contributed by atoms with van der Waals surface area (Å²) in [7, 11) is -1.38. The largest absolute Gasteiger partial charge is 0.301 e. The van der Waals surface area contributed by atoms with Crippen LogP contribution in [-0.2, 0) is 16.4 Å². The Balaban J connectivity index is 1.95. The zero-order valence-corrected chi connectivity index (χ0v) is 13.3. The number of hydrogen-bond donors (Lipinski definition) is 0. The van der Waals surface area contributed by atoms with E-state index in [1.54, 1.807) is 36.4 Å². The molecule has 0 amide bonds. The van der Waals surface area contributed by atoms with Crippen LogP contribution in [0.25, 0.3) is 0 Å². The Bertz CT molecular complexity index is 765. The third-order valence-electron chi connectivity index (χ3n) is 3.35. The maximum absolute atomic E-state index is 12.2. The van der Waals surface area contributed by atoms with Crippen molar-refractivity contribution >= 4 is 9.84 Å². The Morgan fingerprint density at radius 1 is 1.09 bits per heavy atom. The van der Waals surface area contributed by atoms with E-state index in [4.69, 9.17) is 5.26 Å². The van der Waals surface area contributed by atoms with Crippen molar-refractivity contribution < 1.29 is 8.42 Å². The van der Waals surface area contributed by atoms with Gasteiger partial charge in [0.25, 0.3) is 0 Å². The van der Waals surface area contributed by atoms with Gasteiger partial charge in [0.05, 0.1) is 22.3 Å². The molecule has 0 saturated heterocycles. The first-order valence-corrected chi connectivity index (χ1v) is 8.62. The van der Waals surface area contributed by atoms with Gasteiger partial charge in [-0.15, -0.1) is 0 Å². The van der Waals surface area contributed by atoms with Gasteiger partial charge < -0.3 is 4.90 Å². The van der Waals surface area contributed by atoms with E-state index in [0.717, 1.165) is 5.56 Å². The van der Waals surface area contributed by atoms with Gasteiger partial charge in [-0.25, -0.2) is 8.42 Å². The number of nitriles is 1. The third-order valence-corrected chi connectivity index (χ3v) is 5.06. The Morgan fingerprint density at radius 3 is 2.50 bits per heavy atom. The summed E-state index contributed by atoms with van der Waals surface area (Å²) < 4.78 is 24.4. The molecule has 2 rings (SSSR count). The van der Waals surface area contributed by atoms with Crippen LogP contribution in [-0.4, -0.2) is 32.7 Å². The second kappa shape index (κ2) is 7.21. The molecular formula is C17H18N2O2S. The van der Waals surface area contributed by atoms with Crippen molar-refractivity contribution in [3.63, 3.8) is 0 Å². The molecule has 0 heterocycles. The van der Waals surface area contributed by atoms with Gasteiger partial charge in [0, 0.05) is 13.1 Å². The summed E-state index contributed by atoms with van der Waals surface area (Å²) in [6.45, 7) is 1.05. The van der Waals surface area contributed by atoms with E-state index in [1.165, 1.54) is 0 Å².